The van der Waals surface area contributed by atoms with Crippen LogP contribution in [0.25, 0.3) is 111 Å². The van der Waals surface area contributed by atoms with Crippen molar-refractivity contribution in [3.8, 4) is 111 Å². The third kappa shape index (κ3) is 9.07. The normalized spacial score (nSPS) is 12.0. The van der Waals surface area contributed by atoms with Crippen LogP contribution in [-0.4, -0.2) is 0 Å². The molecule has 0 amide bonds. The first-order chi connectivity index (χ1) is 46.0. The van der Waals surface area contributed by atoms with Gasteiger partial charge in [0.15, 0.2) is 221 Å². The molecule has 10 aromatic rings. The summed E-state index contributed by atoms with van der Waals surface area (Å²) in [5.74, 6) is -142. The molecular weight excluding hydrogens is 1460 g/mol. The van der Waals surface area contributed by atoms with Crippen LogP contribution in [0, 0.1) is 227 Å². The minimum Gasteiger partial charge on any atom is -0.206 e. The molecule has 0 atom stereocenters. The average Bonchev–Trinajstić information content (AvgIpc) is 0.727. The van der Waals surface area contributed by atoms with Crippen LogP contribution in [0.1, 0.15) is 0 Å². The van der Waals surface area contributed by atoms with Gasteiger partial charge in [-0.15, -0.1) is 0 Å². The lowest BCUT2D eigenvalue weighted by Gasteiger charge is -2.20. The number of benzene rings is 10. The molecule has 20 bridgehead atoms. The van der Waals surface area contributed by atoms with Crippen LogP contribution in [0.3, 0.4) is 0 Å². The monoisotopic (exact) mass is 1460 g/mol. The molecule has 28 aliphatic rings. The van der Waals surface area contributed by atoms with Gasteiger partial charge in [0.1, 0.15) is 5.82 Å². The maximum atomic E-state index is 15.9. The first-order valence-electron chi connectivity index (χ1n) is 24.9. The second kappa shape index (κ2) is 23.3. The largest absolute Gasteiger partial charge is 0.206 e. The van der Waals surface area contributed by atoms with Crippen LogP contribution >= 0.6 is 0 Å². The Morgan fingerprint density at radius 1 is 0.0909 bits per heavy atom. The van der Waals surface area contributed by atoms with Crippen molar-refractivity contribution < 1.29 is 171 Å². The molecule has 0 aromatic heterocycles. The Kier molecular flexibility index (Phi) is 16.4. The molecule has 0 saturated heterocycles. The Hall–Kier alpha value is -10.5. The quantitative estimate of drug-likeness (QED) is 0.105. The fraction of sp³-hybridized carbons (Fsp3) is 0. The molecule has 0 fully saturated rings. The summed E-state index contributed by atoms with van der Waals surface area (Å²) in [4.78, 5) is 0. The molecule has 38 rings (SSSR count). The van der Waals surface area contributed by atoms with Crippen LogP contribution < -0.4 is 0 Å². The molecule has 514 valence electrons. The van der Waals surface area contributed by atoms with Crippen LogP contribution in [0.2, 0.25) is 0 Å². The Bertz CT molecular complexity index is 5210. The molecule has 0 aliphatic heterocycles. The molecule has 0 unspecified atom stereocenters. The average molecular weight is 1460 g/mol. The van der Waals surface area contributed by atoms with Crippen molar-refractivity contribution in [3.63, 3.8) is 0 Å². The summed E-state index contributed by atoms with van der Waals surface area (Å²) in [5.41, 5.74) is -64.2. The van der Waals surface area contributed by atoms with Crippen molar-refractivity contribution >= 4 is 0 Å². The molecule has 0 N–H and O–H groups in total. The van der Waals surface area contributed by atoms with Gasteiger partial charge in [0.2, 0.25) is 0 Å². The summed E-state index contributed by atoms with van der Waals surface area (Å²) < 4.78 is 619. The lowest BCUT2D eigenvalue weighted by molar-refractivity contribution is 0.431. The van der Waals surface area contributed by atoms with Crippen molar-refractivity contribution in [1.29, 1.82) is 0 Å². The maximum Gasteiger partial charge on any atom is 0.170 e. The number of hydrogen-bond donors (Lipinski definition) is 0. The van der Waals surface area contributed by atoms with Gasteiger partial charge in [-0.1, -0.05) is 0 Å². The molecule has 0 nitrogen and oxygen atoms in total. The summed E-state index contributed by atoms with van der Waals surface area (Å²) in [6, 6.07) is -1.06. The maximum absolute atomic E-state index is 15.9. The molecule has 0 heterocycles. The second-order valence-corrected chi connectivity index (χ2v) is 20.0. The van der Waals surface area contributed by atoms with Crippen LogP contribution in [-0.2, 0) is 0 Å². The molecule has 0 radical (unpaired) electrons. The first-order valence-corrected chi connectivity index (χ1v) is 24.9. The van der Waals surface area contributed by atoms with E-state index in [0.717, 1.165) is 0 Å². The highest BCUT2D eigenvalue weighted by molar-refractivity contribution is 5.85. The Morgan fingerprint density at radius 2 is 0.172 bits per heavy atom. The summed E-state index contributed by atoms with van der Waals surface area (Å²) in [6.45, 7) is 0. The van der Waals surface area contributed by atoms with E-state index in [-0.39, 0.29) is 0 Å². The van der Waals surface area contributed by atoms with E-state index in [4.69, 9.17) is 0 Å². The van der Waals surface area contributed by atoms with E-state index in [9.17, 15) is 0 Å². The van der Waals surface area contributed by atoms with Gasteiger partial charge in [0.05, 0.1) is 106 Å². The van der Waals surface area contributed by atoms with Crippen LogP contribution in [0.5, 0.6) is 0 Å². The van der Waals surface area contributed by atoms with Crippen LogP contribution in [0.15, 0.2) is 6.07 Å². The fourth-order valence-corrected chi connectivity index (χ4v) is 10.7. The van der Waals surface area contributed by atoms with Gasteiger partial charge in [-0.25, -0.2) is 171 Å². The molecule has 10 aromatic carbocycles. The van der Waals surface area contributed by atoms with Gasteiger partial charge in [-0.2, -0.15) is 0 Å². The van der Waals surface area contributed by atoms with E-state index in [1.807, 2.05) is 0 Å². The third-order valence-corrected chi connectivity index (χ3v) is 15.0. The van der Waals surface area contributed by atoms with E-state index in [0.29, 0.717) is 0 Å². The van der Waals surface area contributed by atoms with Gasteiger partial charge >= 0.3 is 0 Å². The zero-order valence-corrected chi connectivity index (χ0v) is 44.8. The number of rotatable bonds is 0. The minimum absolute atomic E-state index is 1.06. The fourth-order valence-electron chi connectivity index (χ4n) is 10.7. The molecule has 99 heavy (non-hydrogen) atoms. The van der Waals surface area contributed by atoms with Crippen molar-refractivity contribution in [2.24, 2.45) is 0 Å². The van der Waals surface area contributed by atoms with Gasteiger partial charge < -0.3 is 0 Å². The van der Waals surface area contributed by atoms with Crippen molar-refractivity contribution in [2.45, 2.75) is 0 Å². The minimum atomic E-state index is -3.71. The van der Waals surface area contributed by atoms with Crippen molar-refractivity contribution in [1.82, 2.24) is 0 Å². The zero-order valence-electron chi connectivity index (χ0n) is 44.8. The lowest BCUT2D eigenvalue weighted by Crippen LogP contribution is -2.14. The number of hydrogen-bond acceptors (Lipinski definition) is 0. The summed E-state index contributed by atoms with van der Waals surface area (Å²) >= 11 is 0. The smallest absolute Gasteiger partial charge is 0.170 e. The van der Waals surface area contributed by atoms with Crippen molar-refractivity contribution in [2.75, 3.05) is 0 Å². The SMILES string of the molecule is Fc1cc2c(F)c(F)c1-c1c(F)c(F)c(c(F)c1F)-c1c(F)c(F)c(c(F)c1F)-c1c(F)c(F)c(c(F)c1F)-c1c(F)c(F)c(c(F)c1F)-c1c(F)c(F)c(c(F)c1F)-c1c(F)c(F)c(c(F)c1F)-c1c(F)c(F)c(c(F)c1F)-c1c(F)c(F)c(c(F)c1F)-c1c(F)c(F)c-2c(F)c1F. The Balaban J connectivity index is 1.24. The summed E-state index contributed by atoms with van der Waals surface area (Å²) in [6.07, 6.45) is 0. The lowest BCUT2D eigenvalue weighted by atomic mass is 9.90. The second-order valence-electron chi connectivity index (χ2n) is 20.0. The topological polar surface area (TPSA) is 0 Å². The number of halogens is 39. The van der Waals surface area contributed by atoms with E-state index < -0.39 is 344 Å². The Labute approximate surface area is 514 Å². The first kappa shape index (κ1) is 69.8. The molecule has 0 saturated carbocycles. The van der Waals surface area contributed by atoms with Gasteiger partial charge in [0, 0.05) is 5.56 Å². The highest BCUT2D eigenvalue weighted by Crippen LogP contribution is 2.53. The van der Waals surface area contributed by atoms with Crippen LogP contribution in [0.4, 0.5) is 171 Å². The predicted octanol–water partition coefficient (Wildman–Crippen LogP) is 22.1. The molecule has 0 spiro atoms. The Morgan fingerprint density at radius 3 is 0.283 bits per heavy atom. The zero-order chi connectivity index (χ0) is 73.8. The third-order valence-electron chi connectivity index (χ3n) is 15.0. The summed E-state index contributed by atoms with van der Waals surface area (Å²) in [5, 5.41) is 0. The van der Waals surface area contributed by atoms with Crippen molar-refractivity contribution in [3.05, 3.63) is 233 Å². The predicted molar refractivity (Wildman–Crippen MR) is 253 cm³/mol. The molecule has 39 heteroatoms. The van der Waals surface area contributed by atoms with E-state index in [2.05, 4.69) is 0 Å². The van der Waals surface area contributed by atoms with E-state index >= 15 is 171 Å². The highest BCUT2D eigenvalue weighted by Gasteiger charge is 2.46. The summed E-state index contributed by atoms with van der Waals surface area (Å²) in [7, 11) is 0. The van der Waals surface area contributed by atoms with Gasteiger partial charge in [0.25, 0.3) is 0 Å². The van der Waals surface area contributed by atoms with Gasteiger partial charge in [-0.3, -0.25) is 0 Å². The standard InChI is InChI=1S/C60HF39/c61-3-1-2-4-24(63)29(68)7(30(69)25(4)64)8-33(72)37(76)11(38(77)34(8)73)12-41(80)45(84)15(46(85)42(12)81)16-49(88)53(92)19(54(93)50(16)89)20-57(96)59(98)22(60(99)58(20)97)21-55(94)51(90)18(52(91)56(21)95)17-47(86)43(82)14(44(83)48(17)87)13-39(78)35(74)10(36(75)40(13)79)9-31(70)27(66)6(28(67)32(9)71)5(3)26(65)23(2)62/h1H. The van der Waals surface area contributed by atoms with E-state index in [1.165, 1.54) is 0 Å². The molecular formula is C60HF39. The highest BCUT2D eigenvalue weighted by atomic mass is 19.2. The van der Waals surface area contributed by atoms with E-state index in [1.54, 1.807) is 0 Å². The molecule has 28 aliphatic carbocycles. The van der Waals surface area contributed by atoms with Gasteiger partial charge in [-0.05, 0) is 6.07 Å².